The molecule has 1 N–H and O–H groups in total. The Kier molecular flexibility index (Phi) is 4.82. The zero-order chi connectivity index (χ0) is 13.0. The molecule has 1 aromatic rings. The molecule has 1 fully saturated rings. The number of hydrogen-bond donors (Lipinski definition) is 1. The maximum Gasteiger partial charge on any atom is 0.0136 e. The summed E-state index contributed by atoms with van der Waals surface area (Å²) < 4.78 is 0. The number of benzene rings is 1. The van der Waals surface area contributed by atoms with Gasteiger partial charge >= 0.3 is 0 Å². The molecule has 0 saturated heterocycles. The minimum absolute atomic E-state index is 0.694. The number of rotatable bonds is 4. The van der Waals surface area contributed by atoms with Crippen LogP contribution in [0.5, 0.6) is 0 Å². The minimum Gasteiger partial charge on any atom is -0.313 e. The molecular weight excluding hydrogens is 218 g/mol. The van der Waals surface area contributed by atoms with Gasteiger partial charge in [-0.3, -0.25) is 0 Å². The molecule has 0 heterocycles. The summed E-state index contributed by atoms with van der Waals surface area (Å²) in [6.45, 7) is 7.88. The van der Waals surface area contributed by atoms with Crippen molar-refractivity contribution in [1.82, 2.24) is 5.32 Å². The highest BCUT2D eigenvalue weighted by Gasteiger charge is 2.26. The van der Waals surface area contributed by atoms with E-state index in [-0.39, 0.29) is 0 Å². The Morgan fingerprint density at radius 3 is 2.72 bits per heavy atom. The molecule has 2 rings (SSSR count). The van der Waals surface area contributed by atoms with E-state index in [0.29, 0.717) is 6.04 Å². The van der Waals surface area contributed by atoms with Crippen molar-refractivity contribution in [2.45, 2.75) is 64.8 Å². The maximum absolute atomic E-state index is 3.77. The van der Waals surface area contributed by atoms with Crippen LogP contribution < -0.4 is 5.32 Å². The average Bonchev–Trinajstić information content (AvgIpc) is 2.39. The first-order valence-corrected chi connectivity index (χ1v) is 7.53. The van der Waals surface area contributed by atoms with Crippen LogP contribution in [0.3, 0.4) is 0 Å². The Morgan fingerprint density at radius 1 is 1.17 bits per heavy atom. The summed E-state index contributed by atoms with van der Waals surface area (Å²) in [7, 11) is 0. The van der Waals surface area contributed by atoms with Crippen molar-refractivity contribution < 1.29 is 0 Å². The van der Waals surface area contributed by atoms with Crippen LogP contribution in [-0.4, -0.2) is 12.6 Å². The number of aryl methyl sites for hydroxylation is 2. The van der Waals surface area contributed by atoms with Gasteiger partial charge in [0, 0.05) is 6.04 Å². The van der Waals surface area contributed by atoms with E-state index < -0.39 is 0 Å². The van der Waals surface area contributed by atoms with Crippen LogP contribution >= 0.6 is 0 Å². The summed E-state index contributed by atoms with van der Waals surface area (Å²) in [6.07, 6.45) is 6.71. The third-order valence-electron chi connectivity index (χ3n) is 4.26. The molecule has 1 aromatic carbocycles. The van der Waals surface area contributed by atoms with Crippen LogP contribution in [0.1, 0.15) is 61.6 Å². The molecule has 2 unspecified atom stereocenters. The smallest absolute Gasteiger partial charge is 0.0136 e. The normalized spacial score (nSPS) is 24.2. The monoisotopic (exact) mass is 245 g/mol. The van der Waals surface area contributed by atoms with Gasteiger partial charge in [0.15, 0.2) is 0 Å². The van der Waals surface area contributed by atoms with Gasteiger partial charge in [0.25, 0.3) is 0 Å². The van der Waals surface area contributed by atoms with Crippen LogP contribution in [0.15, 0.2) is 18.2 Å². The van der Waals surface area contributed by atoms with Crippen molar-refractivity contribution in [3.05, 3.63) is 34.9 Å². The Bertz CT molecular complexity index is 383. The predicted molar refractivity (Wildman–Crippen MR) is 79.2 cm³/mol. The lowest BCUT2D eigenvalue weighted by molar-refractivity contribution is 0.327. The van der Waals surface area contributed by atoms with Crippen molar-refractivity contribution in [3.8, 4) is 0 Å². The van der Waals surface area contributed by atoms with E-state index in [9.17, 15) is 0 Å². The minimum atomic E-state index is 0.694. The van der Waals surface area contributed by atoms with E-state index in [1.165, 1.54) is 43.2 Å². The number of nitrogens with one attached hydrogen (secondary N) is 1. The molecule has 0 bridgehead atoms. The lowest BCUT2D eigenvalue weighted by atomic mass is 9.78. The zero-order valence-corrected chi connectivity index (χ0v) is 12.1. The molecule has 0 aromatic heterocycles. The first-order valence-electron chi connectivity index (χ1n) is 7.53. The Labute approximate surface area is 112 Å². The molecule has 0 aliphatic heterocycles. The van der Waals surface area contributed by atoms with Crippen LogP contribution in [-0.2, 0) is 0 Å². The van der Waals surface area contributed by atoms with E-state index >= 15 is 0 Å². The summed E-state index contributed by atoms with van der Waals surface area (Å²) in [5.74, 6) is 0.727. The molecule has 1 saturated carbocycles. The van der Waals surface area contributed by atoms with Gasteiger partial charge in [0.2, 0.25) is 0 Å². The van der Waals surface area contributed by atoms with E-state index in [4.69, 9.17) is 0 Å². The average molecular weight is 245 g/mol. The van der Waals surface area contributed by atoms with Gasteiger partial charge in [-0.1, -0.05) is 43.5 Å². The quantitative estimate of drug-likeness (QED) is 0.832. The number of hydrogen-bond acceptors (Lipinski definition) is 1. The Hall–Kier alpha value is -0.820. The summed E-state index contributed by atoms with van der Waals surface area (Å²) in [5, 5.41) is 3.77. The summed E-state index contributed by atoms with van der Waals surface area (Å²) in [4.78, 5) is 0. The Balaban J connectivity index is 2.19. The first-order chi connectivity index (χ1) is 8.72. The van der Waals surface area contributed by atoms with Crippen molar-refractivity contribution in [2.24, 2.45) is 0 Å². The molecule has 2 atom stereocenters. The SMILES string of the molecule is CCCNC1CCCCC1c1cc(C)ccc1C. The van der Waals surface area contributed by atoms with E-state index in [2.05, 4.69) is 44.3 Å². The molecule has 100 valence electrons. The van der Waals surface area contributed by atoms with Gasteiger partial charge in [0.05, 0.1) is 0 Å². The highest BCUT2D eigenvalue weighted by Crippen LogP contribution is 2.35. The molecular formula is C17H27N. The third kappa shape index (κ3) is 3.14. The lowest BCUT2D eigenvalue weighted by Crippen LogP contribution is -2.37. The summed E-state index contributed by atoms with van der Waals surface area (Å²) >= 11 is 0. The third-order valence-corrected chi connectivity index (χ3v) is 4.26. The fourth-order valence-corrected chi connectivity index (χ4v) is 3.24. The summed E-state index contributed by atoms with van der Waals surface area (Å²) in [5.41, 5.74) is 4.45. The fraction of sp³-hybridized carbons (Fsp3) is 0.647. The van der Waals surface area contributed by atoms with Gasteiger partial charge in [-0.15, -0.1) is 0 Å². The van der Waals surface area contributed by atoms with Crippen LogP contribution in [0.4, 0.5) is 0 Å². The molecule has 18 heavy (non-hydrogen) atoms. The standard InChI is InChI=1S/C17H27N/c1-4-11-18-17-8-6-5-7-15(17)16-12-13(2)9-10-14(16)3/h9-10,12,15,17-18H,4-8,11H2,1-3H3. The second-order valence-electron chi connectivity index (χ2n) is 5.81. The molecule has 1 nitrogen and oxygen atoms in total. The molecule has 0 spiro atoms. The van der Waals surface area contributed by atoms with Gasteiger partial charge in [-0.25, -0.2) is 0 Å². The van der Waals surface area contributed by atoms with Gasteiger partial charge < -0.3 is 5.32 Å². The fourth-order valence-electron chi connectivity index (χ4n) is 3.24. The van der Waals surface area contributed by atoms with Crippen LogP contribution in [0.25, 0.3) is 0 Å². The van der Waals surface area contributed by atoms with E-state index in [1.807, 2.05) is 0 Å². The second kappa shape index (κ2) is 6.38. The first kappa shape index (κ1) is 13.6. The van der Waals surface area contributed by atoms with Gasteiger partial charge in [-0.05, 0) is 56.7 Å². The van der Waals surface area contributed by atoms with E-state index in [0.717, 1.165) is 12.5 Å². The molecule has 1 heteroatoms. The van der Waals surface area contributed by atoms with E-state index in [1.54, 1.807) is 5.56 Å². The second-order valence-corrected chi connectivity index (χ2v) is 5.81. The molecule has 1 aliphatic rings. The zero-order valence-electron chi connectivity index (χ0n) is 12.1. The predicted octanol–water partition coefficient (Wildman–Crippen LogP) is 4.33. The molecule has 1 aliphatic carbocycles. The highest BCUT2D eigenvalue weighted by molar-refractivity contribution is 5.34. The largest absolute Gasteiger partial charge is 0.313 e. The van der Waals surface area contributed by atoms with Crippen LogP contribution in [0, 0.1) is 13.8 Å². The lowest BCUT2D eigenvalue weighted by Gasteiger charge is -2.34. The van der Waals surface area contributed by atoms with Crippen molar-refractivity contribution >= 4 is 0 Å². The van der Waals surface area contributed by atoms with Crippen molar-refractivity contribution in [1.29, 1.82) is 0 Å². The molecule has 0 amide bonds. The van der Waals surface area contributed by atoms with Crippen LogP contribution in [0.2, 0.25) is 0 Å². The van der Waals surface area contributed by atoms with Crippen molar-refractivity contribution in [2.75, 3.05) is 6.54 Å². The Morgan fingerprint density at radius 2 is 1.94 bits per heavy atom. The highest BCUT2D eigenvalue weighted by atomic mass is 14.9. The van der Waals surface area contributed by atoms with Gasteiger partial charge in [0.1, 0.15) is 0 Å². The van der Waals surface area contributed by atoms with Crippen molar-refractivity contribution in [3.63, 3.8) is 0 Å². The molecule has 0 radical (unpaired) electrons. The maximum atomic E-state index is 3.77. The summed E-state index contributed by atoms with van der Waals surface area (Å²) in [6, 6.07) is 7.62. The van der Waals surface area contributed by atoms with Gasteiger partial charge in [-0.2, -0.15) is 0 Å². The topological polar surface area (TPSA) is 12.0 Å².